The van der Waals surface area contributed by atoms with Crippen molar-refractivity contribution in [3.8, 4) is 0 Å². The van der Waals surface area contributed by atoms with Gasteiger partial charge in [0.1, 0.15) is 5.52 Å². The number of nitrogens with one attached hydrogen (secondary N) is 1. The second kappa shape index (κ2) is 5.97. The number of halogens is 1. The number of rotatable bonds is 4. The van der Waals surface area contributed by atoms with Crippen LogP contribution in [0, 0.1) is 0 Å². The number of aromatic nitrogens is 1. The predicted octanol–water partition coefficient (Wildman–Crippen LogP) is 3.45. The van der Waals surface area contributed by atoms with Gasteiger partial charge in [-0.05, 0) is 42.3 Å². The van der Waals surface area contributed by atoms with E-state index in [0.717, 1.165) is 17.5 Å². The van der Waals surface area contributed by atoms with E-state index >= 15 is 0 Å². The zero-order valence-electron chi connectivity index (χ0n) is 11.2. The average molecular weight is 301 g/mol. The summed E-state index contributed by atoms with van der Waals surface area (Å²) >= 11 is 5.92. The van der Waals surface area contributed by atoms with Crippen LogP contribution in [0.4, 0.5) is 0 Å². The first-order valence-corrected chi connectivity index (χ1v) is 6.96. The number of amides is 1. The van der Waals surface area contributed by atoms with Gasteiger partial charge in [0.25, 0.3) is 5.91 Å². The smallest absolute Gasteiger partial charge is 0.251 e. The fourth-order valence-electron chi connectivity index (χ4n) is 2.11. The highest BCUT2D eigenvalue weighted by Crippen LogP contribution is 2.14. The van der Waals surface area contributed by atoms with Gasteiger partial charge in [0.05, 0.1) is 0 Å². The van der Waals surface area contributed by atoms with Crippen molar-refractivity contribution in [2.45, 2.75) is 6.42 Å². The minimum atomic E-state index is -0.129. The van der Waals surface area contributed by atoms with E-state index in [1.807, 2.05) is 24.3 Å². The van der Waals surface area contributed by atoms with E-state index in [0.29, 0.717) is 22.7 Å². The van der Waals surface area contributed by atoms with Crippen molar-refractivity contribution < 1.29 is 9.21 Å². The number of benzene rings is 2. The van der Waals surface area contributed by atoms with Gasteiger partial charge in [0.2, 0.25) is 0 Å². The zero-order chi connectivity index (χ0) is 14.7. The Balaban J connectivity index is 1.61. The molecule has 5 heteroatoms. The van der Waals surface area contributed by atoms with E-state index in [9.17, 15) is 4.79 Å². The van der Waals surface area contributed by atoms with Crippen molar-refractivity contribution in [1.82, 2.24) is 10.3 Å². The van der Waals surface area contributed by atoms with E-state index < -0.39 is 0 Å². The van der Waals surface area contributed by atoms with Gasteiger partial charge in [0, 0.05) is 17.1 Å². The molecule has 0 atom stereocenters. The molecule has 3 aromatic rings. The quantitative estimate of drug-likeness (QED) is 0.803. The molecule has 21 heavy (non-hydrogen) atoms. The second-order valence-corrected chi connectivity index (χ2v) is 5.11. The molecule has 0 radical (unpaired) electrons. The molecule has 0 unspecified atom stereocenters. The van der Waals surface area contributed by atoms with Crippen LogP contribution < -0.4 is 5.32 Å². The first kappa shape index (κ1) is 13.6. The van der Waals surface area contributed by atoms with Crippen molar-refractivity contribution in [3.63, 3.8) is 0 Å². The summed E-state index contributed by atoms with van der Waals surface area (Å²) in [5.74, 6) is -0.129. The fraction of sp³-hybridized carbons (Fsp3) is 0.125. The van der Waals surface area contributed by atoms with E-state index in [-0.39, 0.29) is 5.91 Å². The van der Waals surface area contributed by atoms with Crippen LogP contribution in [-0.2, 0) is 6.42 Å². The molecule has 1 heterocycles. The molecule has 0 bridgehead atoms. The molecule has 0 aliphatic heterocycles. The van der Waals surface area contributed by atoms with E-state index in [4.69, 9.17) is 16.0 Å². The summed E-state index contributed by atoms with van der Waals surface area (Å²) in [5, 5.41) is 3.58. The molecule has 0 aliphatic rings. The van der Waals surface area contributed by atoms with E-state index in [1.54, 1.807) is 18.2 Å². The summed E-state index contributed by atoms with van der Waals surface area (Å²) in [7, 11) is 0. The molecule has 3 rings (SSSR count). The molecular formula is C16H13ClN2O2. The highest BCUT2D eigenvalue weighted by molar-refractivity contribution is 6.30. The first-order chi connectivity index (χ1) is 10.2. The Bertz CT molecular complexity index is 783. The Morgan fingerprint density at radius 1 is 1.24 bits per heavy atom. The maximum Gasteiger partial charge on any atom is 0.251 e. The lowest BCUT2D eigenvalue weighted by atomic mass is 10.1. The third-order valence-corrected chi connectivity index (χ3v) is 3.42. The molecule has 4 nitrogen and oxygen atoms in total. The molecule has 1 amide bonds. The van der Waals surface area contributed by atoms with Crippen LogP contribution >= 0.6 is 11.6 Å². The Hall–Kier alpha value is -2.33. The molecule has 0 spiro atoms. The van der Waals surface area contributed by atoms with Gasteiger partial charge in [-0.25, -0.2) is 4.98 Å². The number of nitrogens with zero attached hydrogens (tertiary/aromatic N) is 1. The van der Waals surface area contributed by atoms with Crippen LogP contribution in [0.2, 0.25) is 5.02 Å². The van der Waals surface area contributed by atoms with Gasteiger partial charge in [-0.2, -0.15) is 0 Å². The van der Waals surface area contributed by atoms with Crippen LogP contribution in [0.3, 0.4) is 0 Å². The molecule has 2 aromatic carbocycles. The molecule has 1 N–H and O–H groups in total. The van der Waals surface area contributed by atoms with Crippen molar-refractivity contribution >= 4 is 28.6 Å². The molecule has 0 fully saturated rings. The normalized spacial score (nSPS) is 10.7. The maximum absolute atomic E-state index is 12.1. The highest BCUT2D eigenvalue weighted by Gasteiger charge is 2.07. The average Bonchev–Trinajstić information content (AvgIpc) is 2.94. The predicted molar refractivity (Wildman–Crippen MR) is 81.5 cm³/mol. The Morgan fingerprint density at radius 3 is 3.00 bits per heavy atom. The van der Waals surface area contributed by atoms with E-state index in [2.05, 4.69) is 10.3 Å². The summed E-state index contributed by atoms with van der Waals surface area (Å²) < 4.78 is 5.19. The Kier molecular flexibility index (Phi) is 3.88. The number of hydrogen-bond donors (Lipinski definition) is 1. The lowest BCUT2D eigenvalue weighted by Gasteiger charge is -2.05. The van der Waals surface area contributed by atoms with Crippen LogP contribution in [-0.4, -0.2) is 17.4 Å². The number of oxazole rings is 1. The molecule has 1 aromatic heterocycles. The van der Waals surface area contributed by atoms with Crippen LogP contribution in [0.5, 0.6) is 0 Å². The Labute approximate surface area is 126 Å². The maximum atomic E-state index is 12.1. The number of carbonyl (C=O) groups is 1. The summed E-state index contributed by atoms with van der Waals surface area (Å²) in [6, 6.07) is 12.8. The van der Waals surface area contributed by atoms with Gasteiger partial charge in [-0.15, -0.1) is 0 Å². The monoisotopic (exact) mass is 300 g/mol. The van der Waals surface area contributed by atoms with Gasteiger partial charge in [-0.3, -0.25) is 4.79 Å². The number of carbonyl (C=O) groups excluding carboxylic acids is 1. The van der Waals surface area contributed by atoms with Crippen molar-refractivity contribution in [1.29, 1.82) is 0 Å². The fourth-order valence-corrected chi connectivity index (χ4v) is 2.32. The van der Waals surface area contributed by atoms with Crippen LogP contribution in [0.1, 0.15) is 15.9 Å². The summed E-state index contributed by atoms with van der Waals surface area (Å²) in [5.41, 5.74) is 3.00. The van der Waals surface area contributed by atoms with Crippen molar-refractivity contribution in [2.75, 3.05) is 6.54 Å². The third-order valence-electron chi connectivity index (χ3n) is 3.18. The lowest BCUT2D eigenvalue weighted by molar-refractivity contribution is 0.0954. The SMILES string of the molecule is O=C(NCCc1cccc(Cl)c1)c1ccc2ncoc2c1. The minimum Gasteiger partial charge on any atom is -0.443 e. The summed E-state index contributed by atoms with van der Waals surface area (Å²) in [6.07, 6.45) is 2.10. The van der Waals surface area contributed by atoms with Gasteiger partial charge >= 0.3 is 0 Å². The van der Waals surface area contributed by atoms with E-state index in [1.165, 1.54) is 6.39 Å². The van der Waals surface area contributed by atoms with Crippen molar-refractivity contribution in [2.24, 2.45) is 0 Å². The van der Waals surface area contributed by atoms with Gasteiger partial charge < -0.3 is 9.73 Å². The Morgan fingerprint density at radius 2 is 2.14 bits per heavy atom. The van der Waals surface area contributed by atoms with Crippen LogP contribution in [0.25, 0.3) is 11.1 Å². The second-order valence-electron chi connectivity index (χ2n) is 4.67. The molecule has 0 saturated heterocycles. The number of fused-ring (bicyclic) bond motifs is 1. The van der Waals surface area contributed by atoms with Crippen LogP contribution in [0.15, 0.2) is 53.3 Å². The lowest BCUT2D eigenvalue weighted by Crippen LogP contribution is -2.25. The molecular weight excluding hydrogens is 288 g/mol. The molecule has 0 saturated carbocycles. The van der Waals surface area contributed by atoms with Gasteiger partial charge in [-0.1, -0.05) is 23.7 Å². The first-order valence-electron chi connectivity index (χ1n) is 6.58. The largest absolute Gasteiger partial charge is 0.443 e. The highest BCUT2D eigenvalue weighted by atomic mass is 35.5. The summed E-state index contributed by atoms with van der Waals surface area (Å²) in [6.45, 7) is 0.549. The topological polar surface area (TPSA) is 55.1 Å². The number of hydrogen-bond acceptors (Lipinski definition) is 3. The summed E-state index contributed by atoms with van der Waals surface area (Å²) in [4.78, 5) is 16.1. The van der Waals surface area contributed by atoms with Crippen molar-refractivity contribution in [3.05, 3.63) is 65.0 Å². The zero-order valence-corrected chi connectivity index (χ0v) is 11.9. The standard InChI is InChI=1S/C16H13ClN2O2/c17-13-3-1-2-11(8-13)6-7-18-16(20)12-4-5-14-15(9-12)21-10-19-14/h1-5,8-10H,6-7H2,(H,18,20). The minimum absolute atomic E-state index is 0.129. The van der Waals surface area contributed by atoms with Gasteiger partial charge in [0.15, 0.2) is 12.0 Å². The molecule has 0 aliphatic carbocycles. The molecule has 106 valence electrons. The third kappa shape index (κ3) is 3.23.